The van der Waals surface area contributed by atoms with E-state index < -0.39 is 0 Å². The SMILES string of the molecule is CC1C/C(=C\C#N)CCN1. The average Bonchev–Trinajstić information content (AvgIpc) is 1.88. The summed E-state index contributed by atoms with van der Waals surface area (Å²) in [4.78, 5) is 0. The van der Waals surface area contributed by atoms with Gasteiger partial charge in [0, 0.05) is 12.1 Å². The average molecular weight is 136 g/mol. The normalized spacial score (nSPS) is 30.0. The van der Waals surface area contributed by atoms with Gasteiger partial charge in [0.1, 0.15) is 0 Å². The lowest BCUT2D eigenvalue weighted by Gasteiger charge is -2.21. The lowest BCUT2D eigenvalue weighted by atomic mass is 10.00. The number of allylic oxidation sites excluding steroid dienone is 1. The van der Waals surface area contributed by atoms with E-state index >= 15 is 0 Å². The van der Waals surface area contributed by atoms with E-state index in [9.17, 15) is 0 Å². The summed E-state index contributed by atoms with van der Waals surface area (Å²) in [5.74, 6) is 0. The highest BCUT2D eigenvalue weighted by Crippen LogP contribution is 2.13. The fourth-order valence-corrected chi connectivity index (χ4v) is 1.27. The molecule has 0 aromatic heterocycles. The largest absolute Gasteiger partial charge is 0.314 e. The zero-order chi connectivity index (χ0) is 7.40. The molecule has 1 saturated heterocycles. The van der Waals surface area contributed by atoms with Crippen molar-refractivity contribution in [1.29, 1.82) is 5.26 Å². The Morgan fingerprint density at radius 3 is 3.20 bits per heavy atom. The Kier molecular flexibility index (Phi) is 2.47. The minimum absolute atomic E-state index is 0.549. The minimum Gasteiger partial charge on any atom is -0.314 e. The third kappa shape index (κ3) is 1.85. The molecule has 0 aromatic carbocycles. The molecule has 0 aliphatic carbocycles. The highest BCUT2D eigenvalue weighted by atomic mass is 14.9. The van der Waals surface area contributed by atoms with Crippen molar-refractivity contribution in [3.63, 3.8) is 0 Å². The molecule has 2 heteroatoms. The Bertz CT molecular complexity index is 176. The summed E-state index contributed by atoms with van der Waals surface area (Å²) in [6, 6.07) is 2.62. The molecule has 2 nitrogen and oxygen atoms in total. The maximum Gasteiger partial charge on any atom is 0.0911 e. The minimum atomic E-state index is 0.549. The van der Waals surface area contributed by atoms with Gasteiger partial charge in [-0.2, -0.15) is 5.26 Å². The molecule has 10 heavy (non-hydrogen) atoms. The Morgan fingerprint density at radius 1 is 1.80 bits per heavy atom. The van der Waals surface area contributed by atoms with Crippen molar-refractivity contribution >= 4 is 0 Å². The first-order valence-electron chi connectivity index (χ1n) is 3.64. The van der Waals surface area contributed by atoms with Gasteiger partial charge in [-0.3, -0.25) is 0 Å². The first-order chi connectivity index (χ1) is 4.83. The molecule has 0 spiro atoms. The predicted molar refractivity (Wildman–Crippen MR) is 40.4 cm³/mol. The zero-order valence-electron chi connectivity index (χ0n) is 6.22. The molecule has 1 N–H and O–H groups in total. The van der Waals surface area contributed by atoms with Crippen LogP contribution in [0.5, 0.6) is 0 Å². The van der Waals surface area contributed by atoms with Crippen LogP contribution in [0.15, 0.2) is 11.6 Å². The van der Waals surface area contributed by atoms with Crippen molar-refractivity contribution in [2.75, 3.05) is 6.54 Å². The van der Waals surface area contributed by atoms with E-state index in [0.717, 1.165) is 19.4 Å². The fraction of sp³-hybridized carbons (Fsp3) is 0.625. The third-order valence-electron chi connectivity index (χ3n) is 1.78. The maximum absolute atomic E-state index is 8.36. The van der Waals surface area contributed by atoms with Crippen LogP contribution < -0.4 is 5.32 Å². The molecule has 1 heterocycles. The molecular formula is C8H12N2. The van der Waals surface area contributed by atoms with Gasteiger partial charge in [0.2, 0.25) is 0 Å². The molecule has 1 atom stereocenters. The molecule has 1 unspecified atom stereocenters. The molecule has 0 aromatic rings. The lowest BCUT2D eigenvalue weighted by Crippen LogP contribution is -2.32. The van der Waals surface area contributed by atoms with E-state index in [1.165, 1.54) is 5.57 Å². The number of piperidine rings is 1. The number of hydrogen-bond donors (Lipinski definition) is 1. The number of nitrogens with one attached hydrogen (secondary N) is 1. The monoisotopic (exact) mass is 136 g/mol. The smallest absolute Gasteiger partial charge is 0.0911 e. The zero-order valence-corrected chi connectivity index (χ0v) is 6.22. The van der Waals surface area contributed by atoms with Crippen molar-refractivity contribution in [1.82, 2.24) is 5.32 Å². The standard InChI is InChI=1S/C8H12N2/c1-7-6-8(2-4-9)3-5-10-7/h2,7,10H,3,5-6H2,1H3/b8-2-. The number of rotatable bonds is 0. The summed E-state index contributed by atoms with van der Waals surface area (Å²) in [5.41, 5.74) is 1.29. The van der Waals surface area contributed by atoms with Crippen molar-refractivity contribution in [2.24, 2.45) is 0 Å². The van der Waals surface area contributed by atoms with Gasteiger partial charge in [0.25, 0.3) is 0 Å². The van der Waals surface area contributed by atoms with Crippen LogP contribution in [0.4, 0.5) is 0 Å². The van der Waals surface area contributed by atoms with Gasteiger partial charge >= 0.3 is 0 Å². The van der Waals surface area contributed by atoms with E-state index in [1.54, 1.807) is 6.08 Å². The van der Waals surface area contributed by atoms with Gasteiger partial charge < -0.3 is 5.32 Å². The second-order valence-corrected chi connectivity index (χ2v) is 2.74. The number of nitriles is 1. The van der Waals surface area contributed by atoms with Crippen molar-refractivity contribution in [2.45, 2.75) is 25.8 Å². The Hall–Kier alpha value is -0.810. The van der Waals surface area contributed by atoms with Crippen LogP contribution in [0.2, 0.25) is 0 Å². The lowest BCUT2D eigenvalue weighted by molar-refractivity contribution is 0.494. The first-order valence-corrected chi connectivity index (χ1v) is 3.64. The molecule has 1 rings (SSSR count). The van der Waals surface area contributed by atoms with E-state index in [4.69, 9.17) is 5.26 Å². The quantitative estimate of drug-likeness (QED) is 0.508. The van der Waals surface area contributed by atoms with Crippen LogP contribution in [0.1, 0.15) is 19.8 Å². The second-order valence-electron chi connectivity index (χ2n) is 2.74. The van der Waals surface area contributed by atoms with E-state index in [2.05, 4.69) is 18.3 Å². The van der Waals surface area contributed by atoms with Gasteiger partial charge in [-0.1, -0.05) is 5.57 Å². The molecule has 0 bridgehead atoms. The molecule has 54 valence electrons. The van der Waals surface area contributed by atoms with Crippen LogP contribution >= 0.6 is 0 Å². The molecule has 1 fully saturated rings. The Labute approximate surface area is 61.5 Å². The Morgan fingerprint density at radius 2 is 2.60 bits per heavy atom. The summed E-state index contributed by atoms with van der Waals surface area (Å²) in [5, 5.41) is 11.7. The van der Waals surface area contributed by atoms with Gasteiger partial charge in [-0.05, 0) is 26.3 Å². The summed E-state index contributed by atoms with van der Waals surface area (Å²) < 4.78 is 0. The second kappa shape index (κ2) is 3.38. The topological polar surface area (TPSA) is 35.8 Å². The van der Waals surface area contributed by atoms with Crippen LogP contribution in [0.25, 0.3) is 0 Å². The van der Waals surface area contributed by atoms with Crippen LogP contribution in [-0.4, -0.2) is 12.6 Å². The van der Waals surface area contributed by atoms with Gasteiger partial charge in [0.05, 0.1) is 6.07 Å². The van der Waals surface area contributed by atoms with Crippen molar-refractivity contribution in [3.8, 4) is 6.07 Å². The summed E-state index contributed by atoms with van der Waals surface area (Å²) in [6.07, 6.45) is 3.75. The predicted octanol–water partition coefficient (Wildman–Crippen LogP) is 1.21. The molecule has 0 saturated carbocycles. The molecule has 1 aliphatic rings. The van der Waals surface area contributed by atoms with Crippen molar-refractivity contribution < 1.29 is 0 Å². The van der Waals surface area contributed by atoms with Crippen LogP contribution in [-0.2, 0) is 0 Å². The maximum atomic E-state index is 8.36. The molecule has 1 aliphatic heterocycles. The Balaban J connectivity index is 2.49. The summed E-state index contributed by atoms with van der Waals surface area (Å²) in [7, 11) is 0. The first kappa shape index (κ1) is 7.30. The van der Waals surface area contributed by atoms with E-state index in [1.807, 2.05) is 0 Å². The van der Waals surface area contributed by atoms with E-state index in [-0.39, 0.29) is 0 Å². The molecule has 0 amide bonds. The van der Waals surface area contributed by atoms with Gasteiger partial charge in [0.15, 0.2) is 0 Å². The van der Waals surface area contributed by atoms with Crippen molar-refractivity contribution in [3.05, 3.63) is 11.6 Å². The van der Waals surface area contributed by atoms with Crippen LogP contribution in [0, 0.1) is 11.3 Å². The van der Waals surface area contributed by atoms with Gasteiger partial charge in [-0.15, -0.1) is 0 Å². The summed E-state index contributed by atoms with van der Waals surface area (Å²) >= 11 is 0. The van der Waals surface area contributed by atoms with E-state index in [0.29, 0.717) is 6.04 Å². The molecule has 0 radical (unpaired) electrons. The highest BCUT2D eigenvalue weighted by molar-refractivity contribution is 5.16. The van der Waals surface area contributed by atoms with Gasteiger partial charge in [-0.25, -0.2) is 0 Å². The highest BCUT2D eigenvalue weighted by Gasteiger charge is 2.10. The number of nitrogens with zero attached hydrogens (tertiary/aromatic N) is 1. The third-order valence-corrected chi connectivity index (χ3v) is 1.78. The van der Waals surface area contributed by atoms with Crippen LogP contribution in [0.3, 0.4) is 0 Å². The fourth-order valence-electron chi connectivity index (χ4n) is 1.27. The summed E-state index contributed by atoms with van der Waals surface area (Å²) in [6.45, 7) is 3.17. The molecular weight excluding hydrogens is 124 g/mol. The number of hydrogen-bond acceptors (Lipinski definition) is 2.